The van der Waals surface area contributed by atoms with Crippen molar-refractivity contribution in [1.82, 2.24) is 14.5 Å². The molecule has 0 radical (unpaired) electrons. The molecule has 0 saturated carbocycles. The highest BCUT2D eigenvalue weighted by molar-refractivity contribution is 6.34. The molecule has 10 heteroatoms. The van der Waals surface area contributed by atoms with Crippen molar-refractivity contribution in [2.75, 3.05) is 11.1 Å². The largest absolute Gasteiger partial charge is 0.453 e. The van der Waals surface area contributed by atoms with Crippen LogP contribution in [-0.4, -0.2) is 14.5 Å². The summed E-state index contributed by atoms with van der Waals surface area (Å²) in [5, 5.41) is 3.46. The SMILES string of the molecule is Nc1nccc(Oc2ccc(Nc3nccc4c3c(=O)c(-c3ccc(F)cc3)cn4Cc3ccccc3)cc2F)c1Cl. The molecule has 0 bridgehead atoms. The molecule has 3 N–H and O–H groups in total. The topological polar surface area (TPSA) is 95.1 Å². The van der Waals surface area contributed by atoms with Crippen LogP contribution in [0.1, 0.15) is 5.56 Å². The van der Waals surface area contributed by atoms with Crippen molar-refractivity contribution in [3.63, 3.8) is 0 Å². The zero-order valence-electron chi connectivity index (χ0n) is 21.9. The van der Waals surface area contributed by atoms with Gasteiger partial charge in [0.1, 0.15) is 22.5 Å². The molecular formula is C32H22ClF2N5O2. The van der Waals surface area contributed by atoms with Gasteiger partial charge in [-0.25, -0.2) is 18.7 Å². The van der Waals surface area contributed by atoms with Crippen LogP contribution in [0.3, 0.4) is 0 Å². The standard InChI is InChI=1S/C32H22ClF2N5O2/c33-29-27(13-15-37-31(29)36)42-26-11-10-22(16-24(26)35)39-32-28-25(12-14-38-32)40(17-19-4-2-1-3-5-19)18-23(30(28)41)20-6-8-21(34)9-7-20/h1-16,18H,17H2,(H2,36,37)(H,38,39). The number of ether oxygens (including phenoxy) is 1. The predicted molar refractivity (Wildman–Crippen MR) is 160 cm³/mol. The maximum absolute atomic E-state index is 15.1. The van der Waals surface area contributed by atoms with E-state index in [2.05, 4.69) is 15.3 Å². The summed E-state index contributed by atoms with van der Waals surface area (Å²) >= 11 is 6.13. The van der Waals surface area contributed by atoms with Gasteiger partial charge in [0.15, 0.2) is 17.3 Å². The van der Waals surface area contributed by atoms with E-state index < -0.39 is 11.6 Å². The maximum Gasteiger partial charge on any atom is 0.200 e. The Hall–Kier alpha value is -5.28. The predicted octanol–water partition coefficient (Wildman–Crippen LogP) is 7.56. The maximum atomic E-state index is 15.1. The normalized spacial score (nSPS) is 11.0. The fourth-order valence-electron chi connectivity index (χ4n) is 4.61. The summed E-state index contributed by atoms with van der Waals surface area (Å²) in [7, 11) is 0. The highest BCUT2D eigenvalue weighted by Crippen LogP contribution is 2.34. The number of anilines is 3. The van der Waals surface area contributed by atoms with E-state index >= 15 is 4.39 Å². The Morgan fingerprint density at radius 1 is 0.905 bits per heavy atom. The second kappa shape index (κ2) is 11.3. The third kappa shape index (κ3) is 5.37. The average Bonchev–Trinajstić information content (AvgIpc) is 2.99. The lowest BCUT2D eigenvalue weighted by Gasteiger charge is -2.17. The van der Waals surface area contributed by atoms with E-state index in [1.54, 1.807) is 36.7 Å². The van der Waals surface area contributed by atoms with Gasteiger partial charge in [-0.2, -0.15) is 0 Å². The first-order chi connectivity index (χ1) is 20.4. The van der Waals surface area contributed by atoms with Gasteiger partial charge in [-0.15, -0.1) is 0 Å². The van der Waals surface area contributed by atoms with Gasteiger partial charge in [0.05, 0.1) is 10.9 Å². The Morgan fingerprint density at radius 3 is 2.43 bits per heavy atom. The molecule has 208 valence electrons. The zero-order valence-corrected chi connectivity index (χ0v) is 22.6. The van der Waals surface area contributed by atoms with E-state index in [9.17, 15) is 9.18 Å². The van der Waals surface area contributed by atoms with Crippen LogP contribution in [0.5, 0.6) is 11.5 Å². The summed E-state index contributed by atoms with van der Waals surface area (Å²) in [6, 6.07) is 23.0. The summed E-state index contributed by atoms with van der Waals surface area (Å²) in [6.07, 6.45) is 4.74. The van der Waals surface area contributed by atoms with Crippen LogP contribution in [0.25, 0.3) is 22.0 Å². The monoisotopic (exact) mass is 581 g/mol. The number of fused-ring (bicyclic) bond motifs is 1. The van der Waals surface area contributed by atoms with Crippen molar-refractivity contribution in [2.24, 2.45) is 0 Å². The lowest BCUT2D eigenvalue weighted by molar-refractivity contribution is 0.442. The third-order valence-electron chi connectivity index (χ3n) is 6.64. The number of rotatable bonds is 7. The molecule has 0 fully saturated rings. The molecule has 0 saturated heterocycles. The lowest BCUT2D eigenvalue weighted by Crippen LogP contribution is -2.15. The second-order valence-electron chi connectivity index (χ2n) is 9.43. The first-order valence-corrected chi connectivity index (χ1v) is 13.2. The van der Waals surface area contributed by atoms with Crippen molar-refractivity contribution < 1.29 is 13.5 Å². The number of aromatic nitrogens is 3. The summed E-state index contributed by atoms with van der Waals surface area (Å²) in [4.78, 5) is 22.2. The number of halogens is 3. The smallest absolute Gasteiger partial charge is 0.200 e. The van der Waals surface area contributed by atoms with Gasteiger partial charge in [0.2, 0.25) is 5.43 Å². The molecule has 6 rings (SSSR count). The van der Waals surface area contributed by atoms with Gasteiger partial charge in [-0.3, -0.25) is 4.79 Å². The van der Waals surface area contributed by atoms with Crippen molar-refractivity contribution in [1.29, 1.82) is 0 Å². The Bertz CT molecular complexity index is 1980. The molecule has 0 unspecified atom stereocenters. The minimum Gasteiger partial charge on any atom is -0.453 e. The third-order valence-corrected chi connectivity index (χ3v) is 7.02. The molecule has 0 spiro atoms. The highest BCUT2D eigenvalue weighted by atomic mass is 35.5. The quantitative estimate of drug-likeness (QED) is 0.202. The molecule has 0 aliphatic carbocycles. The Kier molecular flexibility index (Phi) is 7.24. The first-order valence-electron chi connectivity index (χ1n) is 12.8. The number of pyridine rings is 3. The molecule has 0 amide bonds. The number of benzene rings is 3. The van der Waals surface area contributed by atoms with E-state index in [1.807, 2.05) is 34.9 Å². The van der Waals surface area contributed by atoms with Crippen molar-refractivity contribution in [3.05, 3.63) is 136 Å². The number of nitrogens with one attached hydrogen (secondary N) is 1. The summed E-state index contributed by atoms with van der Waals surface area (Å²) < 4.78 is 36.4. The van der Waals surface area contributed by atoms with Gasteiger partial charge in [0, 0.05) is 48.5 Å². The van der Waals surface area contributed by atoms with E-state index in [0.29, 0.717) is 34.3 Å². The second-order valence-corrected chi connectivity index (χ2v) is 9.80. The van der Waals surface area contributed by atoms with Crippen LogP contribution >= 0.6 is 11.6 Å². The Labute approximate surface area is 243 Å². The summed E-state index contributed by atoms with van der Waals surface area (Å²) in [5.41, 5.74) is 8.32. The minimum atomic E-state index is -0.680. The number of nitrogen functional groups attached to an aromatic ring is 1. The van der Waals surface area contributed by atoms with Crippen molar-refractivity contribution in [2.45, 2.75) is 6.54 Å². The van der Waals surface area contributed by atoms with Crippen LogP contribution < -0.4 is 21.2 Å². The van der Waals surface area contributed by atoms with Crippen LogP contribution in [0, 0.1) is 11.6 Å². The average molecular weight is 582 g/mol. The summed E-state index contributed by atoms with van der Waals surface area (Å²) in [5.74, 6) is -0.707. The van der Waals surface area contributed by atoms with E-state index in [-0.39, 0.29) is 33.6 Å². The molecule has 3 aromatic carbocycles. The molecule has 0 atom stereocenters. The molecule has 3 heterocycles. The van der Waals surface area contributed by atoms with E-state index in [0.717, 1.165) is 5.56 Å². The number of hydrogen-bond acceptors (Lipinski definition) is 6. The van der Waals surface area contributed by atoms with Gasteiger partial charge in [0.25, 0.3) is 0 Å². The van der Waals surface area contributed by atoms with Crippen LogP contribution in [0.15, 0.2) is 108 Å². The fourth-order valence-corrected chi connectivity index (χ4v) is 4.76. The van der Waals surface area contributed by atoms with Crippen molar-refractivity contribution >= 4 is 39.8 Å². The molecule has 3 aromatic heterocycles. The van der Waals surface area contributed by atoms with Gasteiger partial charge in [-0.1, -0.05) is 54.1 Å². The van der Waals surface area contributed by atoms with Crippen LogP contribution in [0.4, 0.5) is 26.1 Å². The summed E-state index contributed by atoms with van der Waals surface area (Å²) in [6.45, 7) is 0.470. The van der Waals surface area contributed by atoms with Gasteiger partial charge >= 0.3 is 0 Å². The van der Waals surface area contributed by atoms with Crippen LogP contribution in [-0.2, 0) is 6.54 Å². The minimum absolute atomic E-state index is 0.0628. The zero-order chi connectivity index (χ0) is 29.2. The molecule has 42 heavy (non-hydrogen) atoms. The first kappa shape index (κ1) is 26.9. The fraction of sp³-hybridized carbons (Fsp3) is 0.0312. The number of hydrogen-bond donors (Lipinski definition) is 2. The van der Waals surface area contributed by atoms with E-state index in [4.69, 9.17) is 22.1 Å². The molecule has 0 aliphatic heterocycles. The van der Waals surface area contributed by atoms with Crippen LogP contribution in [0.2, 0.25) is 5.02 Å². The molecule has 7 nitrogen and oxygen atoms in total. The molecule has 0 aliphatic rings. The highest BCUT2D eigenvalue weighted by Gasteiger charge is 2.17. The number of nitrogens with zero attached hydrogens (tertiary/aromatic N) is 3. The van der Waals surface area contributed by atoms with Gasteiger partial charge < -0.3 is 20.4 Å². The molecule has 6 aromatic rings. The molecular weight excluding hydrogens is 560 g/mol. The lowest BCUT2D eigenvalue weighted by atomic mass is 10.0. The number of nitrogens with two attached hydrogens (primary N) is 1. The Morgan fingerprint density at radius 2 is 1.67 bits per heavy atom. The van der Waals surface area contributed by atoms with E-state index in [1.165, 1.54) is 36.5 Å². The Balaban J connectivity index is 1.42. The van der Waals surface area contributed by atoms with Gasteiger partial charge in [-0.05, 0) is 41.5 Å². The van der Waals surface area contributed by atoms with Crippen molar-refractivity contribution in [3.8, 4) is 22.6 Å².